The Labute approximate surface area is 119 Å². The molecule has 0 atom stereocenters. The molecule has 0 aliphatic rings. The van der Waals surface area contributed by atoms with Crippen LogP contribution in [-0.4, -0.2) is 42.9 Å². The summed E-state index contributed by atoms with van der Waals surface area (Å²) in [5.41, 5.74) is -0.584. The topological polar surface area (TPSA) is 86.7 Å². The Morgan fingerprint density at radius 3 is 2.20 bits per heavy atom. The minimum absolute atomic E-state index is 0.0111. The first-order valence-corrected chi connectivity index (χ1v) is 7.53. The van der Waals surface area contributed by atoms with Crippen LogP contribution in [0.3, 0.4) is 0 Å². The first kappa shape index (κ1) is 16.6. The van der Waals surface area contributed by atoms with Crippen LogP contribution in [0.5, 0.6) is 0 Å². The van der Waals surface area contributed by atoms with Crippen LogP contribution in [-0.2, 0) is 14.8 Å². The Kier molecular flexibility index (Phi) is 4.90. The van der Waals surface area contributed by atoms with E-state index in [1.807, 2.05) is 0 Å². The summed E-state index contributed by atoms with van der Waals surface area (Å²) in [4.78, 5) is 11.0. The van der Waals surface area contributed by atoms with E-state index in [0.717, 1.165) is 4.31 Å². The number of benzene rings is 1. The number of likely N-dealkylation sites (N-methyl/N-ethyl adjacent to an activating group) is 1. The normalized spacial score (nSPS) is 12.5. The number of sulfonamides is 1. The minimum atomic E-state index is -3.66. The molecule has 6 nitrogen and oxygen atoms in total. The lowest BCUT2D eigenvalue weighted by atomic mass is 10.1. The van der Waals surface area contributed by atoms with Gasteiger partial charge in [-0.2, -0.15) is 4.31 Å². The van der Waals surface area contributed by atoms with E-state index in [0.29, 0.717) is 5.69 Å². The van der Waals surface area contributed by atoms with Crippen LogP contribution in [0.15, 0.2) is 29.2 Å². The van der Waals surface area contributed by atoms with E-state index in [1.165, 1.54) is 38.2 Å². The lowest BCUT2D eigenvalue weighted by molar-refractivity contribution is -0.114. The molecule has 112 valence electrons. The van der Waals surface area contributed by atoms with Crippen LogP contribution in [0.1, 0.15) is 20.8 Å². The molecule has 0 aromatic heterocycles. The van der Waals surface area contributed by atoms with Gasteiger partial charge in [-0.05, 0) is 38.1 Å². The van der Waals surface area contributed by atoms with Crippen molar-refractivity contribution in [2.75, 3.05) is 18.9 Å². The Bertz CT molecular complexity index is 573. The quantitative estimate of drug-likeness (QED) is 0.850. The van der Waals surface area contributed by atoms with E-state index in [4.69, 9.17) is 0 Å². The Morgan fingerprint density at radius 1 is 1.30 bits per heavy atom. The van der Waals surface area contributed by atoms with E-state index < -0.39 is 15.6 Å². The van der Waals surface area contributed by atoms with Crippen molar-refractivity contribution in [2.45, 2.75) is 31.3 Å². The number of hydrogen-bond acceptors (Lipinski definition) is 4. The van der Waals surface area contributed by atoms with Gasteiger partial charge in [0, 0.05) is 26.2 Å². The van der Waals surface area contributed by atoms with E-state index in [-0.39, 0.29) is 17.3 Å². The highest BCUT2D eigenvalue weighted by molar-refractivity contribution is 7.89. The van der Waals surface area contributed by atoms with Gasteiger partial charge in [0.15, 0.2) is 0 Å². The maximum atomic E-state index is 12.3. The second-order valence-corrected chi connectivity index (χ2v) is 7.32. The predicted octanol–water partition coefficient (Wildman–Crippen LogP) is 1.04. The highest BCUT2D eigenvalue weighted by Crippen LogP contribution is 2.19. The average molecular weight is 300 g/mol. The fraction of sp³-hybridized carbons (Fsp3) is 0.462. The third-order valence-electron chi connectivity index (χ3n) is 2.49. The van der Waals surface area contributed by atoms with Crippen LogP contribution in [0.4, 0.5) is 5.69 Å². The van der Waals surface area contributed by atoms with Gasteiger partial charge in [-0.15, -0.1) is 0 Å². The van der Waals surface area contributed by atoms with Crippen molar-refractivity contribution in [1.82, 2.24) is 4.31 Å². The minimum Gasteiger partial charge on any atom is -0.389 e. The number of amides is 1. The van der Waals surface area contributed by atoms with Gasteiger partial charge < -0.3 is 10.4 Å². The van der Waals surface area contributed by atoms with Crippen LogP contribution >= 0.6 is 0 Å². The van der Waals surface area contributed by atoms with Gasteiger partial charge in [-0.25, -0.2) is 8.42 Å². The lowest BCUT2D eigenvalue weighted by Gasteiger charge is -2.25. The molecular formula is C13H20N2O4S. The molecule has 0 spiro atoms. The smallest absolute Gasteiger partial charge is 0.242 e. The second kappa shape index (κ2) is 5.90. The first-order valence-electron chi connectivity index (χ1n) is 6.09. The Morgan fingerprint density at radius 2 is 1.80 bits per heavy atom. The summed E-state index contributed by atoms with van der Waals surface area (Å²) in [5, 5.41) is 12.3. The molecule has 0 bridgehead atoms. The van der Waals surface area contributed by atoms with E-state index in [1.54, 1.807) is 13.8 Å². The maximum absolute atomic E-state index is 12.3. The van der Waals surface area contributed by atoms with Crippen molar-refractivity contribution in [2.24, 2.45) is 0 Å². The van der Waals surface area contributed by atoms with E-state index >= 15 is 0 Å². The van der Waals surface area contributed by atoms with Gasteiger partial charge in [-0.3, -0.25) is 4.79 Å². The third kappa shape index (κ3) is 4.59. The summed E-state index contributed by atoms with van der Waals surface area (Å²) in [7, 11) is -2.25. The van der Waals surface area contributed by atoms with Crippen molar-refractivity contribution in [3.05, 3.63) is 24.3 Å². The Balaban J connectivity index is 2.95. The summed E-state index contributed by atoms with van der Waals surface area (Å²) in [6.45, 7) is 4.45. The van der Waals surface area contributed by atoms with Crippen molar-refractivity contribution >= 4 is 21.6 Å². The van der Waals surface area contributed by atoms with Gasteiger partial charge in [0.05, 0.1) is 10.5 Å². The molecule has 7 heteroatoms. The second-order valence-electron chi connectivity index (χ2n) is 5.28. The van der Waals surface area contributed by atoms with Crippen LogP contribution in [0, 0.1) is 0 Å². The van der Waals surface area contributed by atoms with Crippen molar-refractivity contribution in [3.63, 3.8) is 0 Å². The molecule has 1 aromatic carbocycles. The zero-order valence-corrected chi connectivity index (χ0v) is 12.9. The number of nitrogens with zero attached hydrogens (tertiary/aromatic N) is 1. The van der Waals surface area contributed by atoms with Crippen molar-refractivity contribution in [3.8, 4) is 0 Å². The molecule has 1 rings (SSSR count). The largest absolute Gasteiger partial charge is 0.389 e. The average Bonchev–Trinajstić information content (AvgIpc) is 2.26. The fourth-order valence-electron chi connectivity index (χ4n) is 1.72. The number of nitrogens with one attached hydrogen (secondary N) is 1. The molecule has 0 fully saturated rings. The van der Waals surface area contributed by atoms with Gasteiger partial charge in [-0.1, -0.05) is 0 Å². The van der Waals surface area contributed by atoms with Gasteiger partial charge >= 0.3 is 0 Å². The summed E-state index contributed by atoms with van der Waals surface area (Å²) in [6, 6.07) is 5.88. The molecule has 2 N–H and O–H groups in total. The molecule has 0 unspecified atom stereocenters. The molecule has 1 aromatic rings. The van der Waals surface area contributed by atoms with Gasteiger partial charge in [0.25, 0.3) is 0 Å². The van der Waals surface area contributed by atoms with E-state index in [9.17, 15) is 18.3 Å². The van der Waals surface area contributed by atoms with Crippen LogP contribution < -0.4 is 5.32 Å². The first-order chi connectivity index (χ1) is 9.02. The zero-order valence-electron chi connectivity index (χ0n) is 12.0. The summed E-state index contributed by atoms with van der Waals surface area (Å²) in [5.74, 6) is -0.222. The standard InChI is InChI=1S/C13H20N2O4S/c1-10(16)14-11-5-7-12(8-6-11)20(18,19)15(4)9-13(2,3)17/h5-8,17H,9H2,1-4H3,(H,14,16). The molecule has 0 heterocycles. The van der Waals surface area contributed by atoms with Crippen LogP contribution in [0.2, 0.25) is 0 Å². The van der Waals surface area contributed by atoms with Crippen molar-refractivity contribution in [1.29, 1.82) is 0 Å². The number of carbonyl (C=O) groups is 1. The molecule has 0 aliphatic heterocycles. The molecular weight excluding hydrogens is 280 g/mol. The Hall–Kier alpha value is -1.44. The fourth-order valence-corrected chi connectivity index (χ4v) is 3.05. The molecule has 0 saturated heterocycles. The summed E-state index contributed by atoms with van der Waals surface area (Å²) >= 11 is 0. The summed E-state index contributed by atoms with van der Waals surface area (Å²) < 4.78 is 25.6. The SMILES string of the molecule is CC(=O)Nc1ccc(S(=O)(=O)N(C)CC(C)(C)O)cc1. The number of anilines is 1. The third-order valence-corrected chi connectivity index (χ3v) is 4.31. The maximum Gasteiger partial charge on any atom is 0.242 e. The van der Waals surface area contributed by atoms with Crippen LogP contribution in [0.25, 0.3) is 0 Å². The predicted molar refractivity (Wildman–Crippen MR) is 76.9 cm³/mol. The number of aliphatic hydroxyl groups is 1. The van der Waals surface area contributed by atoms with Crippen molar-refractivity contribution < 1.29 is 18.3 Å². The molecule has 0 aliphatic carbocycles. The highest BCUT2D eigenvalue weighted by Gasteiger charge is 2.26. The summed E-state index contributed by atoms with van der Waals surface area (Å²) in [6.07, 6.45) is 0. The van der Waals surface area contributed by atoms with E-state index in [2.05, 4.69) is 5.32 Å². The monoisotopic (exact) mass is 300 g/mol. The highest BCUT2D eigenvalue weighted by atomic mass is 32.2. The molecule has 0 radical (unpaired) electrons. The number of rotatable bonds is 5. The number of carbonyl (C=O) groups excluding carboxylic acids is 1. The lowest BCUT2D eigenvalue weighted by Crippen LogP contribution is -2.39. The number of hydrogen-bond donors (Lipinski definition) is 2. The van der Waals surface area contributed by atoms with Gasteiger partial charge in [0.1, 0.15) is 0 Å². The zero-order chi connectivity index (χ0) is 15.6. The van der Waals surface area contributed by atoms with Gasteiger partial charge in [0.2, 0.25) is 15.9 Å². The molecule has 20 heavy (non-hydrogen) atoms. The molecule has 0 saturated carbocycles. The molecule has 1 amide bonds.